The van der Waals surface area contributed by atoms with Gasteiger partial charge < -0.3 is 15.4 Å². The van der Waals surface area contributed by atoms with Gasteiger partial charge >= 0.3 is 0 Å². The van der Waals surface area contributed by atoms with Gasteiger partial charge in [-0.1, -0.05) is 6.42 Å². The van der Waals surface area contributed by atoms with Crippen molar-refractivity contribution in [2.24, 2.45) is 17.8 Å². The van der Waals surface area contributed by atoms with Crippen molar-refractivity contribution in [2.45, 2.75) is 44.8 Å². The van der Waals surface area contributed by atoms with Crippen molar-refractivity contribution in [2.75, 3.05) is 19.7 Å². The number of ether oxygens (including phenoxy) is 1. The lowest BCUT2D eigenvalue weighted by Crippen LogP contribution is -2.56. The van der Waals surface area contributed by atoms with E-state index in [0.29, 0.717) is 6.61 Å². The highest BCUT2D eigenvalue weighted by atomic mass is 16.5. The van der Waals surface area contributed by atoms with Crippen molar-refractivity contribution in [1.82, 2.24) is 10.6 Å². The van der Waals surface area contributed by atoms with Crippen molar-refractivity contribution in [1.29, 1.82) is 0 Å². The lowest BCUT2D eigenvalue weighted by molar-refractivity contribution is -0.129. The Morgan fingerprint density at radius 3 is 2.94 bits per heavy atom. The maximum absolute atomic E-state index is 12.1. The van der Waals surface area contributed by atoms with Gasteiger partial charge in [-0.05, 0) is 43.9 Å². The van der Waals surface area contributed by atoms with E-state index >= 15 is 0 Å². The summed E-state index contributed by atoms with van der Waals surface area (Å²) in [4.78, 5) is 12.1. The van der Waals surface area contributed by atoms with E-state index in [-0.39, 0.29) is 18.1 Å². The molecule has 4 nitrogen and oxygen atoms in total. The van der Waals surface area contributed by atoms with E-state index < -0.39 is 0 Å². The van der Waals surface area contributed by atoms with Crippen LogP contribution < -0.4 is 10.6 Å². The maximum atomic E-state index is 12.1. The first kappa shape index (κ1) is 12.4. The summed E-state index contributed by atoms with van der Waals surface area (Å²) in [7, 11) is 0. The minimum atomic E-state index is -0.169. The first-order chi connectivity index (χ1) is 8.74. The first-order valence-electron chi connectivity index (χ1n) is 7.36. The van der Waals surface area contributed by atoms with Crippen molar-refractivity contribution < 1.29 is 9.53 Å². The smallest absolute Gasteiger partial charge is 0.239 e. The predicted molar refractivity (Wildman–Crippen MR) is 69.2 cm³/mol. The molecule has 0 aromatic carbocycles. The number of hydrogen-bond donors (Lipinski definition) is 2. The molecule has 2 N–H and O–H groups in total. The summed E-state index contributed by atoms with van der Waals surface area (Å²) in [6.45, 7) is 4.31. The zero-order valence-electron chi connectivity index (χ0n) is 11.2. The Labute approximate surface area is 109 Å². The molecule has 18 heavy (non-hydrogen) atoms. The molecule has 2 aliphatic carbocycles. The van der Waals surface area contributed by atoms with Gasteiger partial charge in [-0.3, -0.25) is 4.79 Å². The Bertz CT molecular complexity index is 321. The van der Waals surface area contributed by atoms with E-state index in [1.54, 1.807) is 0 Å². The summed E-state index contributed by atoms with van der Waals surface area (Å²) in [5.74, 6) is 2.67. The van der Waals surface area contributed by atoms with E-state index in [4.69, 9.17) is 4.74 Å². The van der Waals surface area contributed by atoms with Gasteiger partial charge in [0.05, 0.1) is 12.7 Å². The second-order valence-corrected chi connectivity index (χ2v) is 6.19. The van der Waals surface area contributed by atoms with Crippen LogP contribution in [0.15, 0.2) is 0 Å². The molecule has 5 atom stereocenters. The van der Waals surface area contributed by atoms with Gasteiger partial charge in [0.15, 0.2) is 0 Å². The van der Waals surface area contributed by atoms with E-state index in [2.05, 4.69) is 10.6 Å². The number of carbonyl (C=O) groups excluding carboxylic acids is 1. The van der Waals surface area contributed by atoms with E-state index in [0.717, 1.165) is 30.8 Å². The second-order valence-electron chi connectivity index (χ2n) is 6.19. The third-order valence-electron chi connectivity index (χ3n) is 5.02. The van der Waals surface area contributed by atoms with Gasteiger partial charge in [0.25, 0.3) is 0 Å². The average Bonchev–Trinajstić information content (AvgIpc) is 2.98. The molecule has 1 amide bonds. The van der Waals surface area contributed by atoms with Gasteiger partial charge in [-0.25, -0.2) is 0 Å². The van der Waals surface area contributed by atoms with E-state index in [9.17, 15) is 4.79 Å². The molecule has 0 radical (unpaired) electrons. The van der Waals surface area contributed by atoms with Crippen LogP contribution in [-0.4, -0.2) is 37.7 Å². The quantitative estimate of drug-likeness (QED) is 0.785. The molecule has 0 aromatic heterocycles. The Hall–Kier alpha value is -0.610. The maximum Gasteiger partial charge on any atom is 0.239 e. The molecule has 1 saturated heterocycles. The standard InChI is InChI=1S/C14H24N2O2/c1-9-13(15-4-5-18-9)14(17)16-8-12-7-10-2-3-11(12)6-10/h9-13,15H,2-8H2,1H3,(H,16,17)/t9-,10?,11?,12?,13+/m1/s1. The second kappa shape index (κ2) is 5.17. The SMILES string of the molecule is C[C@H]1OCCN[C@@H]1C(=O)NCC1CC2CCC1C2. The zero-order valence-corrected chi connectivity index (χ0v) is 11.2. The summed E-state index contributed by atoms with van der Waals surface area (Å²) in [5, 5.41) is 6.37. The third-order valence-corrected chi connectivity index (χ3v) is 5.02. The highest BCUT2D eigenvalue weighted by Crippen LogP contribution is 2.47. The molecular weight excluding hydrogens is 228 g/mol. The van der Waals surface area contributed by atoms with Crippen molar-refractivity contribution in [3.8, 4) is 0 Å². The highest BCUT2D eigenvalue weighted by Gasteiger charge is 2.39. The summed E-state index contributed by atoms with van der Waals surface area (Å²) >= 11 is 0. The summed E-state index contributed by atoms with van der Waals surface area (Å²) in [6, 6.07) is -0.169. The van der Waals surface area contributed by atoms with Crippen LogP contribution in [0.5, 0.6) is 0 Å². The van der Waals surface area contributed by atoms with Gasteiger partial charge in [-0.2, -0.15) is 0 Å². The van der Waals surface area contributed by atoms with Crippen LogP contribution in [0.3, 0.4) is 0 Å². The lowest BCUT2D eigenvalue weighted by atomic mass is 9.89. The summed E-state index contributed by atoms with van der Waals surface area (Å²) in [5.41, 5.74) is 0. The molecule has 3 aliphatic rings. The molecule has 3 unspecified atom stereocenters. The first-order valence-corrected chi connectivity index (χ1v) is 7.36. The van der Waals surface area contributed by atoms with Crippen molar-refractivity contribution in [3.05, 3.63) is 0 Å². The number of hydrogen-bond acceptors (Lipinski definition) is 3. The summed E-state index contributed by atoms with van der Waals surface area (Å²) < 4.78 is 5.51. The van der Waals surface area contributed by atoms with Crippen LogP contribution in [0.1, 0.15) is 32.6 Å². The Morgan fingerprint density at radius 1 is 1.39 bits per heavy atom. The molecular formula is C14H24N2O2. The molecule has 0 spiro atoms. The fourth-order valence-electron chi connectivity index (χ4n) is 4.00. The predicted octanol–water partition coefficient (Wildman–Crippen LogP) is 0.916. The number of rotatable bonds is 3. The number of fused-ring (bicyclic) bond motifs is 2. The Balaban J connectivity index is 1.46. The molecule has 3 rings (SSSR count). The largest absolute Gasteiger partial charge is 0.375 e. The average molecular weight is 252 g/mol. The van der Waals surface area contributed by atoms with Crippen LogP contribution in [0.2, 0.25) is 0 Å². The number of amides is 1. The topological polar surface area (TPSA) is 50.4 Å². The van der Waals surface area contributed by atoms with E-state index in [1.165, 1.54) is 25.7 Å². The number of nitrogens with one attached hydrogen (secondary N) is 2. The molecule has 2 saturated carbocycles. The Morgan fingerprint density at radius 2 is 2.28 bits per heavy atom. The molecule has 4 heteroatoms. The summed E-state index contributed by atoms with van der Waals surface area (Å²) in [6.07, 6.45) is 5.52. The molecule has 3 fully saturated rings. The van der Waals surface area contributed by atoms with Gasteiger partial charge in [0.1, 0.15) is 6.04 Å². The van der Waals surface area contributed by atoms with Crippen LogP contribution in [-0.2, 0) is 9.53 Å². The normalized spacial score (nSPS) is 43.1. The number of morpholine rings is 1. The highest BCUT2D eigenvalue weighted by molar-refractivity contribution is 5.82. The van der Waals surface area contributed by atoms with Crippen LogP contribution in [0.25, 0.3) is 0 Å². The van der Waals surface area contributed by atoms with Crippen molar-refractivity contribution >= 4 is 5.91 Å². The molecule has 102 valence electrons. The fraction of sp³-hybridized carbons (Fsp3) is 0.929. The van der Waals surface area contributed by atoms with Crippen molar-refractivity contribution in [3.63, 3.8) is 0 Å². The minimum Gasteiger partial charge on any atom is -0.375 e. The van der Waals surface area contributed by atoms with Crippen LogP contribution in [0.4, 0.5) is 0 Å². The van der Waals surface area contributed by atoms with E-state index in [1.807, 2.05) is 6.92 Å². The minimum absolute atomic E-state index is 0.0150. The van der Waals surface area contributed by atoms with Gasteiger partial charge in [0.2, 0.25) is 5.91 Å². The van der Waals surface area contributed by atoms with Crippen LogP contribution >= 0.6 is 0 Å². The lowest BCUT2D eigenvalue weighted by Gasteiger charge is -2.30. The third kappa shape index (κ3) is 2.41. The van der Waals surface area contributed by atoms with Gasteiger partial charge in [0, 0.05) is 13.1 Å². The molecule has 1 aliphatic heterocycles. The zero-order chi connectivity index (χ0) is 12.5. The monoisotopic (exact) mass is 252 g/mol. The van der Waals surface area contributed by atoms with Crippen LogP contribution in [0, 0.1) is 17.8 Å². The molecule has 1 heterocycles. The fourth-order valence-corrected chi connectivity index (χ4v) is 4.00. The number of carbonyl (C=O) groups is 1. The Kier molecular flexibility index (Phi) is 3.57. The van der Waals surface area contributed by atoms with Gasteiger partial charge in [-0.15, -0.1) is 0 Å². The molecule has 2 bridgehead atoms. The molecule has 0 aromatic rings.